The lowest BCUT2D eigenvalue weighted by Gasteiger charge is -2.06. The summed E-state index contributed by atoms with van der Waals surface area (Å²) in [7, 11) is -3.74. The first-order valence-corrected chi connectivity index (χ1v) is 13.0. The van der Waals surface area contributed by atoms with Crippen LogP contribution in [0.4, 0.5) is 0 Å². The van der Waals surface area contributed by atoms with Gasteiger partial charge < -0.3 is 4.57 Å². The summed E-state index contributed by atoms with van der Waals surface area (Å²) in [6, 6.07) is 14.7. The van der Waals surface area contributed by atoms with Crippen molar-refractivity contribution in [1.82, 2.24) is 29.8 Å². The zero-order valence-corrected chi connectivity index (χ0v) is 19.4. The number of imidazole rings is 1. The van der Waals surface area contributed by atoms with Gasteiger partial charge in [0.2, 0.25) is 15.8 Å². The van der Waals surface area contributed by atoms with Crippen LogP contribution in [-0.2, 0) is 23.1 Å². The molecule has 0 bridgehead atoms. The molecular weight excluding hydrogens is 446 g/mol. The fraction of sp³-hybridized carbons (Fsp3) is 0.333. The van der Waals surface area contributed by atoms with Gasteiger partial charge in [-0.2, -0.15) is 4.80 Å². The summed E-state index contributed by atoms with van der Waals surface area (Å²) >= 11 is 1.68. The van der Waals surface area contributed by atoms with E-state index in [0.717, 1.165) is 54.3 Å². The van der Waals surface area contributed by atoms with E-state index < -0.39 is 10.0 Å². The number of aromatic nitrogens is 6. The zero-order chi connectivity index (χ0) is 22.6. The Hall–Kier alpha value is -2.76. The molecule has 0 aliphatic rings. The molecule has 2 N–H and O–H groups in total. The zero-order valence-electron chi connectivity index (χ0n) is 17.8. The van der Waals surface area contributed by atoms with Crippen LogP contribution in [0.3, 0.4) is 0 Å². The highest BCUT2D eigenvalue weighted by Gasteiger charge is 2.14. The summed E-state index contributed by atoms with van der Waals surface area (Å²) in [4.78, 5) is 6.36. The molecule has 0 aliphatic carbocycles. The maximum absolute atomic E-state index is 11.6. The maximum atomic E-state index is 11.6. The van der Waals surface area contributed by atoms with E-state index in [0.29, 0.717) is 11.3 Å². The van der Waals surface area contributed by atoms with Gasteiger partial charge in [0.25, 0.3) is 0 Å². The minimum Gasteiger partial charge on any atom is -0.319 e. The molecule has 0 saturated heterocycles. The van der Waals surface area contributed by atoms with E-state index >= 15 is 0 Å². The molecule has 0 unspecified atom stereocenters. The number of unbranched alkanes of at least 4 members (excludes halogenated alkanes) is 2. The lowest BCUT2D eigenvalue weighted by atomic mass is 10.2. The quantitative estimate of drug-likeness (QED) is 0.278. The molecular formula is C21H25N7O2S2. The molecule has 2 heterocycles. The highest BCUT2D eigenvalue weighted by Crippen LogP contribution is 2.26. The van der Waals surface area contributed by atoms with Gasteiger partial charge in [-0.1, -0.05) is 48.5 Å². The van der Waals surface area contributed by atoms with Gasteiger partial charge in [0, 0.05) is 17.9 Å². The van der Waals surface area contributed by atoms with Crippen LogP contribution in [0.15, 0.2) is 58.6 Å². The molecule has 4 aromatic rings. The van der Waals surface area contributed by atoms with Crippen molar-refractivity contribution in [3.63, 3.8) is 0 Å². The van der Waals surface area contributed by atoms with E-state index in [2.05, 4.69) is 25.0 Å². The maximum Gasteiger partial charge on any atom is 0.238 e. The van der Waals surface area contributed by atoms with Crippen LogP contribution in [0, 0.1) is 0 Å². The van der Waals surface area contributed by atoms with E-state index in [1.807, 2.05) is 37.3 Å². The second-order valence-electron chi connectivity index (χ2n) is 7.32. The highest BCUT2D eigenvalue weighted by molar-refractivity contribution is 7.99. The van der Waals surface area contributed by atoms with Crippen LogP contribution in [0.25, 0.3) is 22.4 Å². The third kappa shape index (κ3) is 5.17. The second-order valence-corrected chi connectivity index (χ2v) is 9.94. The predicted octanol–water partition coefficient (Wildman–Crippen LogP) is 3.32. The van der Waals surface area contributed by atoms with Gasteiger partial charge in [-0.25, -0.2) is 18.5 Å². The van der Waals surface area contributed by atoms with Gasteiger partial charge in [0.1, 0.15) is 0 Å². The molecule has 0 fully saturated rings. The summed E-state index contributed by atoms with van der Waals surface area (Å²) in [5.74, 6) is 1.57. The number of aryl methyl sites for hydroxylation is 2. The van der Waals surface area contributed by atoms with Crippen molar-refractivity contribution in [3.8, 4) is 11.4 Å². The number of tetrazole rings is 1. The molecule has 0 aliphatic heterocycles. The van der Waals surface area contributed by atoms with Crippen LogP contribution >= 0.6 is 11.8 Å². The molecule has 2 aromatic carbocycles. The van der Waals surface area contributed by atoms with Crippen molar-refractivity contribution in [1.29, 1.82) is 0 Å². The van der Waals surface area contributed by atoms with Gasteiger partial charge in [-0.05, 0) is 43.2 Å². The fourth-order valence-corrected chi connectivity index (χ4v) is 5.03. The molecule has 0 saturated carbocycles. The Morgan fingerprint density at radius 1 is 1.06 bits per heavy atom. The first-order valence-electron chi connectivity index (χ1n) is 10.4. The van der Waals surface area contributed by atoms with E-state index in [9.17, 15) is 8.42 Å². The number of primary sulfonamides is 1. The SMILES string of the molecule is CCn1c(SCCCCCn2nnc(-c3ccccc3)n2)nc2cc(S(N)(=O)=O)ccc21. The van der Waals surface area contributed by atoms with Gasteiger partial charge in [-0.15, -0.1) is 10.2 Å². The van der Waals surface area contributed by atoms with Crippen molar-refractivity contribution in [2.45, 2.75) is 49.3 Å². The second kappa shape index (κ2) is 9.80. The summed E-state index contributed by atoms with van der Waals surface area (Å²) in [5, 5.41) is 18.8. The summed E-state index contributed by atoms with van der Waals surface area (Å²) in [6.45, 7) is 3.54. The Bertz CT molecular complexity index is 1300. The largest absolute Gasteiger partial charge is 0.319 e. The van der Waals surface area contributed by atoms with Gasteiger partial charge >= 0.3 is 0 Å². The van der Waals surface area contributed by atoms with Crippen molar-refractivity contribution in [2.24, 2.45) is 5.14 Å². The number of nitrogens with zero attached hydrogens (tertiary/aromatic N) is 6. The summed E-state index contributed by atoms with van der Waals surface area (Å²) < 4.78 is 25.3. The van der Waals surface area contributed by atoms with Crippen molar-refractivity contribution in [3.05, 3.63) is 48.5 Å². The van der Waals surface area contributed by atoms with Gasteiger partial charge in [-0.3, -0.25) is 0 Å². The third-order valence-electron chi connectivity index (χ3n) is 5.05. The topological polar surface area (TPSA) is 122 Å². The Morgan fingerprint density at radius 3 is 2.62 bits per heavy atom. The number of rotatable bonds is 10. The number of nitrogens with two attached hydrogens (primary N) is 1. The van der Waals surface area contributed by atoms with Gasteiger partial charge in [0.05, 0.1) is 22.5 Å². The first kappa shape index (κ1) is 22.4. The third-order valence-corrected chi connectivity index (χ3v) is 7.02. The van der Waals surface area contributed by atoms with Crippen molar-refractivity contribution < 1.29 is 8.42 Å². The molecule has 0 spiro atoms. The first-order chi connectivity index (χ1) is 15.5. The average molecular weight is 472 g/mol. The number of thioether (sulfide) groups is 1. The molecule has 4 rings (SSSR count). The highest BCUT2D eigenvalue weighted by atomic mass is 32.2. The Labute approximate surface area is 191 Å². The Balaban J connectivity index is 1.28. The normalized spacial score (nSPS) is 11.9. The van der Waals surface area contributed by atoms with Crippen LogP contribution in [0.1, 0.15) is 26.2 Å². The minimum absolute atomic E-state index is 0.0828. The van der Waals surface area contributed by atoms with E-state index in [1.165, 1.54) is 12.1 Å². The average Bonchev–Trinajstić information content (AvgIpc) is 3.39. The predicted molar refractivity (Wildman–Crippen MR) is 125 cm³/mol. The lowest BCUT2D eigenvalue weighted by molar-refractivity contribution is 0.487. The van der Waals surface area contributed by atoms with E-state index in [1.54, 1.807) is 22.6 Å². The molecule has 9 nitrogen and oxygen atoms in total. The standard InChI is InChI=1S/C21H25N7O2S2/c1-2-27-19-12-11-17(32(22,29)30)15-18(19)23-21(27)31-14-8-4-7-13-28-25-20(24-26-28)16-9-5-3-6-10-16/h3,5-6,9-12,15H,2,4,7-8,13-14H2,1H3,(H2,22,29,30). The number of benzene rings is 2. The van der Waals surface area contributed by atoms with Crippen LogP contribution in [0.5, 0.6) is 0 Å². The number of sulfonamides is 1. The fourth-order valence-electron chi connectivity index (χ4n) is 3.42. The molecule has 0 amide bonds. The minimum atomic E-state index is -3.74. The number of hydrogen-bond acceptors (Lipinski definition) is 7. The monoisotopic (exact) mass is 471 g/mol. The number of hydrogen-bond donors (Lipinski definition) is 1. The van der Waals surface area contributed by atoms with Crippen molar-refractivity contribution >= 4 is 32.8 Å². The molecule has 32 heavy (non-hydrogen) atoms. The van der Waals surface area contributed by atoms with Crippen molar-refractivity contribution in [2.75, 3.05) is 5.75 Å². The van der Waals surface area contributed by atoms with Crippen LogP contribution in [-0.4, -0.2) is 43.9 Å². The summed E-state index contributed by atoms with van der Waals surface area (Å²) in [5.41, 5.74) is 2.52. The molecule has 168 valence electrons. The summed E-state index contributed by atoms with van der Waals surface area (Å²) in [6.07, 6.45) is 3.03. The van der Waals surface area contributed by atoms with Crippen LogP contribution in [0.2, 0.25) is 0 Å². The van der Waals surface area contributed by atoms with Gasteiger partial charge in [0.15, 0.2) is 5.16 Å². The molecule has 0 radical (unpaired) electrons. The Kier molecular flexibility index (Phi) is 6.87. The van der Waals surface area contributed by atoms with E-state index in [4.69, 9.17) is 5.14 Å². The van der Waals surface area contributed by atoms with Crippen LogP contribution < -0.4 is 5.14 Å². The number of fused-ring (bicyclic) bond motifs is 1. The lowest BCUT2D eigenvalue weighted by Crippen LogP contribution is -2.11. The Morgan fingerprint density at radius 2 is 1.88 bits per heavy atom. The smallest absolute Gasteiger partial charge is 0.238 e. The molecule has 0 atom stereocenters. The van der Waals surface area contributed by atoms with E-state index in [-0.39, 0.29) is 4.90 Å². The molecule has 11 heteroatoms. The molecule has 2 aromatic heterocycles.